The zero-order valence-corrected chi connectivity index (χ0v) is 13.8. The van der Waals surface area contributed by atoms with E-state index in [1.807, 2.05) is 0 Å². The molecule has 0 spiro atoms. The average Bonchev–Trinajstić information content (AvgIpc) is 2.87. The van der Waals surface area contributed by atoms with Crippen LogP contribution in [-0.2, 0) is 9.84 Å². The molecule has 0 radical (unpaired) electrons. The number of hydrogen-bond acceptors (Lipinski definition) is 3. The lowest BCUT2D eigenvalue weighted by atomic mass is 10.00. The van der Waals surface area contributed by atoms with E-state index in [9.17, 15) is 8.42 Å². The summed E-state index contributed by atoms with van der Waals surface area (Å²) in [6.07, 6.45) is 11.3. The van der Waals surface area contributed by atoms with E-state index in [0.717, 1.165) is 12.2 Å². The highest BCUT2D eigenvalue weighted by atomic mass is 32.2. The van der Waals surface area contributed by atoms with Crippen molar-refractivity contribution in [3.05, 3.63) is 17.9 Å². The summed E-state index contributed by atoms with van der Waals surface area (Å²) < 4.78 is 28.2. The van der Waals surface area contributed by atoms with Crippen molar-refractivity contribution < 1.29 is 12.8 Å². The van der Waals surface area contributed by atoms with Gasteiger partial charge < -0.3 is 4.42 Å². The van der Waals surface area contributed by atoms with Gasteiger partial charge in [-0.25, -0.2) is 8.42 Å². The second-order valence-electron chi connectivity index (χ2n) is 5.74. The van der Waals surface area contributed by atoms with Crippen LogP contribution in [0.2, 0.25) is 0 Å². The first kappa shape index (κ1) is 17.3. The van der Waals surface area contributed by atoms with Gasteiger partial charge in [-0.1, -0.05) is 58.8 Å². The molecule has 0 N–H and O–H groups in total. The predicted molar refractivity (Wildman–Crippen MR) is 82.8 cm³/mol. The van der Waals surface area contributed by atoms with Gasteiger partial charge in [0.1, 0.15) is 5.76 Å². The van der Waals surface area contributed by atoms with Crippen LogP contribution < -0.4 is 0 Å². The van der Waals surface area contributed by atoms with Crippen LogP contribution >= 0.6 is 0 Å². The maximum absolute atomic E-state index is 11.4. The highest BCUT2D eigenvalue weighted by molar-refractivity contribution is 7.90. The predicted octanol–water partition coefficient (Wildman–Crippen LogP) is 4.93. The molecule has 0 saturated carbocycles. The molecule has 116 valence electrons. The van der Waals surface area contributed by atoms with E-state index >= 15 is 0 Å². The van der Waals surface area contributed by atoms with Crippen molar-refractivity contribution in [3.63, 3.8) is 0 Å². The molecule has 4 heteroatoms. The summed E-state index contributed by atoms with van der Waals surface area (Å²) >= 11 is 0. The van der Waals surface area contributed by atoms with Crippen molar-refractivity contribution in [1.82, 2.24) is 0 Å². The first-order valence-electron chi connectivity index (χ1n) is 7.75. The molecule has 1 unspecified atom stereocenters. The lowest BCUT2D eigenvalue weighted by molar-refractivity contribution is 0.384. The number of sulfone groups is 1. The molecule has 0 bridgehead atoms. The van der Waals surface area contributed by atoms with E-state index in [1.54, 1.807) is 12.1 Å². The zero-order chi connectivity index (χ0) is 15.0. The highest BCUT2D eigenvalue weighted by Crippen LogP contribution is 2.25. The van der Waals surface area contributed by atoms with E-state index in [1.165, 1.54) is 51.2 Å². The molecule has 0 saturated heterocycles. The molecule has 1 aromatic heterocycles. The SMILES string of the molecule is CCCCCCCCCC(C)c1ccc(S(C)(=O)=O)o1. The zero-order valence-electron chi connectivity index (χ0n) is 13.0. The molecular weight excluding hydrogens is 272 g/mol. The Bertz CT molecular complexity index is 474. The fourth-order valence-corrected chi connectivity index (χ4v) is 2.91. The van der Waals surface area contributed by atoms with Crippen molar-refractivity contribution in [3.8, 4) is 0 Å². The highest BCUT2D eigenvalue weighted by Gasteiger charge is 2.15. The molecular formula is C16H28O3S. The largest absolute Gasteiger partial charge is 0.449 e. The standard InChI is InChI=1S/C16H28O3S/c1-4-5-6-7-8-9-10-11-14(2)15-12-13-16(19-15)20(3,17)18/h12-14H,4-11H2,1-3H3. The molecule has 0 aliphatic heterocycles. The quantitative estimate of drug-likeness (QED) is 0.576. The molecule has 0 fully saturated rings. The first-order chi connectivity index (χ1) is 9.45. The van der Waals surface area contributed by atoms with Crippen molar-refractivity contribution >= 4 is 9.84 Å². The van der Waals surface area contributed by atoms with Gasteiger partial charge >= 0.3 is 0 Å². The molecule has 1 atom stereocenters. The molecule has 0 aromatic carbocycles. The van der Waals surface area contributed by atoms with Crippen molar-refractivity contribution in [2.24, 2.45) is 0 Å². The maximum atomic E-state index is 11.4. The minimum atomic E-state index is -3.22. The van der Waals surface area contributed by atoms with Gasteiger partial charge in [0, 0.05) is 12.2 Å². The monoisotopic (exact) mass is 300 g/mol. The molecule has 0 aliphatic carbocycles. The Labute approximate surface area is 123 Å². The van der Waals surface area contributed by atoms with Crippen LogP contribution in [0.1, 0.15) is 76.9 Å². The molecule has 20 heavy (non-hydrogen) atoms. The van der Waals surface area contributed by atoms with Crippen LogP contribution in [0.25, 0.3) is 0 Å². The van der Waals surface area contributed by atoms with Gasteiger partial charge in [-0.05, 0) is 18.6 Å². The Morgan fingerprint density at radius 2 is 1.65 bits per heavy atom. The summed E-state index contributed by atoms with van der Waals surface area (Å²) in [7, 11) is -3.22. The van der Waals surface area contributed by atoms with Gasteiger partial charge in [-0.2, -0.15) is 0 Å². The minimum absolute atomic E-state index is 0.0823. The lowest BCUT2D eigenvalue weighted by Crippen LogP contribution is -1.95. The third kappa shape index (κ3) is 6.12. The summed E-state index contributed by atoms with van der Waals surface area (Å²) in [5.74, 6) is 1.08. The van der Waals surface area contributed by atoms with Gasteiger partial charge in [0.25, 0.3) is 0 Å². The first-order valence-corrected chi connectivity index (χ1v) is 9.64. The van der Waals surface area contributed by atoms with Crippen LogP contribution in [0.15, 0.2) is 21.6 Å². The smallest absolute Gasteiger partial charge is 0.217 e. The Hall–Kier alpha value is -0.770. The number of unbranched alkanes of at least 4 members (excludes halogenated alkanes) is 6. The Kier molecular flexibility index (Phi) is 7.35. The maximum Gasteiger partial charge on any atom is 0.217 e. The van der Waals surface area contributed by atoms with Gasteiger partial charge in [0.05, 0.1) is 0 Å². The molecule has 1 rings (SSSR count). The van der Waals surface area contributed by atoms with Crippen molar-refractivity contribution in [1.29, 1.82) is 0 Å². The fourth-order valence-electron chi connectivity index (χ4n) is 2.35. The Morgan fingerprint density at radius 1 is 1.05 bits per heavy atom. The molecule has 1 heterocycles. The molecule has 0 aliphatic rings. The summed E-state index contributed by atoms with van der Waals surface area (Å²) in [6.45, 7) is 4.33. The molecule has 0 amide bonds. The van der Waals surface area contributed by atoms with E-state index in [4.69, 9.17) is 4.42 Å². The van der Waals surface area contributed by atoms with Gasteiger partial charge in [-0.15, -0.1) is 0 Å². The second kappa shape index (κ2) is 8.50. The van der Waals surface area contributed by atoms with Crippen molar-refractivity contribution in [2.75, 3.05) is 6.26 Å². The lowest BCUT2D eigenvalue weighted by Gasteiger charge is -2.08. The summed E-state index contributed by atoms with van der Waals surface area (Å²) in [5, 5.41) is 0.0823. The van der Waals surface area contributed by atoms with Crippen molar-refractivity contribution in [2.45, 2.75) is 76.2 Å². The molecule has 3 nitrogen and oxygen atoms in total. The van der Waals surface area contributed by atoms with E-state index in [0.29, 0.717) is 5.92 Å². The van der Waals surface area contributed by atoms with E-state index < -0.39 is 9.84 Å². The van der Waals surface area contributed by atoms with Crippen LogP contribution in [0.3, 0.4) is 0 Å². The third-order valence-electron chi connectivity index (χ3n) is 3.69. The Morgan fingerprint density at radius 3 is 2.20 bits per heavy atom. The van der Waals surface area contributed by atoms with Crippen LogP contribution in [-0.4, -0.2) is 14.7 Å². The third-order valence-corrected chi connectivity index (χ3v) is 4.64. The average molecular weight is 300 g/mol. The van der Waals surface area contributed by atoms with E-state index in [-0.39, 0.29) is 5.09 Å². The van der Waals surface area contributed by atoms with E-state index in [2.05, 4.69) is 13.8 Å². The van der Waals surface area contributed by atoms with Crippen LogP contribution in [0, 0.1) is 0 Å². The normalized spacial score (nSPS) is 13.6. The molecule has 1 aromatic rings. The van der Waals surface area contributed by atoms with Gasteiger partial charge in [-0.3, -0.25) is 0 Å². The number of hydrogen-bond donors (Lipinski definition) is 0. The number of rotatable bonds is 10. The Balaban J connectivity index is 2.26. The topological polar surface area (TPSA) is 47.3 Å². The van der Waals surface area contributed by atoms with Gasteiger partial charge in [0.2, 0.25) is 14.9 Å². The summed E-state index contributed by atoms with van der Waals surface area (Å²) in [4.78, 5) is 0. The summed E-state index contributed by atoms with van der Waals surface area (Å²) in [6, 6.07) is 3.36. The second-order valence-corrected chi connectivity index (χ2v) is 7.69. The van der Waals surface area contributed by atoms with Gasteiger partial charge in [0.15, 0.2) is 0 Å². The van der Waals surface area contributed by atoms with Crippen LogP contribution in [0.4, 0.5) is 0 Å². The number of furan rings is 1. The van der Waals surface area contributed by atoms with Crippen LogP contribution in [0.5, 0.6) is 0 Å². The summed E-state index contributed by atoms with van der Waals surface area (Å²) in [5.41, 5.74) is 0. The minimum Gasteiger partial charge on any atom is -0.449 e. The fraction of sp³-hybridized carbons (Fsp3) is 0.750.